The van der Waals surface area contributed by atoms with E-state index in [2.05, 4.69) is 35.3 Å². The molecule has 0 aliphatic heterocycles. The Morgan fingerprint density at radius 2 is 1.82 bits per heavy atom. The molecule has 0 radical (unpaired) electrons. The SMILES string of the molecule is O=S(=O)(O)C1Cc2ccc3c4c(ccc3c2=CC1Cc1c[nH]c2cccc(F)c12)CC=CC=4. The zero-order chi connectivity index (χ0) is 22.7. The third-order valence-electron chi connectivity index (χ3n) is 7.06. The van der Waals surface area contributed by atoms with Crippen molar-refractivity contribution in [2.45, 2.75) is 24.5 Å². The Balaban J connectivity index is 1.56. The Bertz CT molecular complexity index is 1700. The number of allylic oxidation sites excluding steroid dienone is 2. The highest BCUT2D eigenvalue weighted by Gasteiger charge is 2.35. The van der Waals surface area contributed by atoms with Gasteiger partial charge in [-0.2, -0.15) is 8.42 Å². The van der Waals surface area contributed by atoms with Crippen LogP contribution in [0.15, 0.2) is 60.8 Å². The van der Waals surface area contributed by atoms with Gasteiger partial charge in [-0.1, -0.05) is 54.6 Å². The highest BCUT2D eigenvalue weighted by atomic mass is 32.2. The van der Waals surface area contributed by atoms with Crippen molar-refractivity contribution in [3.05, 3.63) is 93.8 Å². The summed E-state index contributed by atoms with van der Waals surface area (Å²) in [5.41, 5.74) is 3.54. The van der Waals surface area contributed by atoms with E-state index in [0.29, 0.717) is 22.9 Å². The maximum Gasteiger partial charge on any atom is 0.268 e. The molecule has 1 heterocycles. The van der Waals surface area contributed by atoms with E-state index in [-0.39, 0.29) is 12.2 Å². The summed E-state index contributed by atoms with van der Waals surface area (Å²) in [7, 11) is -4.30. The average molecular weight is 460 g/mol. The van der Waals surface area contributed by atoms with E-state index >= 15 is 0 Å². The lowest BCUT2D eigenvalue weighted by molar-refractivity contribution is 0.444. The van der Waals surface area contributed by atoms with Crippen LogP contribution in [0.3, 0.4) is 0 Å². The van der Waals surface area contributed by atoms with Crippen LogP contribution in [-0.4, -0.2) is 23.2 Å². The van der Waals surface area contributed by atoms with Crippen LogP contribution in [-0.2, 0) is 29.4 Å². The van der Waals surface area contributed by atoms with Crippen molar-refractivity contribution in [3.8, 4) is 0 Å². The minimum Gasteiger partial charge on any atom is -0.361 e. The van der Waals surface area contributed by atoms with Gasteiger partial charge in [-0.3, -0.25) is 4.55 Å². The monoisotopic (exact) mass is 459 g/mol. The average Bonchev–Trinajstić information content (AvgIpc) is 3.21. The quantitative estimate of drug-likeness (QED) is 0.458. The Morgan fingerprint density at radius 3 is 2.64 bits per heavy atom. The van der Waals surface area contributed by atoms with E-state index in [0.717, 1.165) is 28.0 Å². The lowest BCUT2D eigenvalue weighted by Gasteiger charge is -2.27. The highest BCUT2D eigenvalue weighted by Crippen LogP contribution is 2.30. The van der Waals surface area contributed by atoms with Crippen LogP contribution >= 0.6 is 0 Å². The largest absolute Gasteiger partial charge is 0.361 e. The van der Waals surface area contributed by atoms with Gasteiger partial charge in [-0.25, -0.2) is 4.39 Å². The van der Waals surface area contributed by atoms with Crippen molar-refractivity contribution in [3.63, 3.8) is 0 Å². The first kappa shape index (κ1) is 20.4. The molecule has 0 bridgehead atoms. The normalized spacial score (nSPS) is 19.7. The van der Waals surface area contributed by atoms with Gasteiger partial charge >= 0.3 is 0 Å². The van der Waals surface area contributed by atoms with E-state index in [1.165, 1.54) is 16.8 Å². The summed E-state index contributed by atoms with van der Waals surface area (Å²) in [6.07, 6.45) is 11.4. The van der Waals surface area contributed by atoms with E-state index in [1.54, 1.807) is 18.3 Å². The zero-order valence-electron chi connectivity index (χ0n) is 17.8. The number of hydrogen-bond donors (Lipinski definition) is 2. The van der Waals surface area contributed by atoms with Crippen LogP contribution < -0.4 is 10.4 Å². The molecule has 3 aromatic carbocycles. The van der Waals surface area contributed by atoms with Crippen LogP contribution in [0.25, 0.3) is 33.8 Å². The molecule has 6 rings (SSSR count). The molecule has 4 nitrogen and oxygen atoms in total. The summed E-state index contributed by atoms with van der Waals surface area (Å²) in [6, 6.07) is 13.1. The van der Waals surface area contributed by atoms with Crippen molar-refractivity contribution in [2.24, 2.45) is 5.92 Å². The smallest absolute Gasteiger partial charge is 0.268 e. The van der Waals surface area contributed by atoms with Crippen molar-refractivity contribution in [2.75, 3.05) is 0 Å². The molecular weight excluding hydrogens is 437 g/mol. The summed E-state index contributed by atoms with van der Waals surface area (Å²) in [5, 5.41) is 3.89. The minimum absolute atomic E-state index is 0.219. The number of nitrogens with one attached hydrogen (secondary N) is 1. The molecule has 33 heavy (non-hydrogen) atoms. The zero-order valence-corrected chi connectivity index (χ0v) is 18.6. The Morgan fingerprint density at radius 1 is 1.03 bits per heavy atom. The first-order valence-electron chi connectivity index (χ1n) is 11.0. The molecule has 0 spiro atoms. The predicted octanol–water partition coefficient (Wildman–Crippen LogP) is 3.80. The summed E-state index contributed by atoms with van der Waals surface area (Å²) >= 11 is 0. The van der Waals surface area contributed by atoms with Crippen LogP contribution in [0.5, 0.6) is 0 Å². The molecular formula is C27H22FNO3S. The second kappa shape index (κ2) is 7.40. The topological polar surface area (TPSA) is 70.2 Å². The second-order valence-electron chi connectivity index (χ2n) is 8.94. The molecule has 166 valence electrons. The fourth-order valence-corrected chi connectivity index (χ4v) is 6.49. The van der Waals surface area contributed by atoms with E-state index < -0.39 is 21.3 Å². The molecule has 6 heteroatoms. The first-order valence-corrected chi connectivity index (χ1v) is 12.5. The third-order valence-corrected chi connectivity index (χ3v) is 8.34. The molecule has 0 saturated heterocycles. The third kappa shape index (κ3) is 3.33. The molecule has 0 fully saturated rings. The van der Waals surface area contributed by atoms with Crippen LogP contribution in [0.2, 0.25) is 0 Å². The number of aromatic nitrogens is 1. The van der Waals surface area contributed by atoms with Gasteiger partial charge in [0.2, 0.25) is 0 Å². The lowest BCUT2D eigenvalue weighted by Crippen LogP contribution is -2.38. The number of benzene rings is 3. The van der Waals surface area contributed by atoms with Crippen molar-refractivity contribution in [1.82, 2.24) is 4.98 Å². The highest BCUT2D eigenvalue weighted by molar-refractivity contribution is 7.86. The fraction of sp³-hybridized carbons (Fsp3) is 0.185. The molecule has 2 atom stereocenters. The van der Waals surface area contributed by atoms with Gasteiger partial charge in [0.1, 0.15) is 5.82 Å². The molecule has 4 aromatic rings. The van der Waals surface area contributed by atoms with Crippen molar-refractivity contribution < 1.29 is 17.4 Å². The lowest BCUT2D eigenvalue weighted by atomic mass is 9.84. The Labute approximate surface area is 190 Å². The van der Waals surface area contributed by atoms with Gasteiger partial charge in [0.15, 0.2) is 0 Å². The molecule has 2 aliphatic carbocycles. The molecule has 2 N–H and O–H groups in total. The van der Waals surface area contributed by atoms with Gasteiger partial charge in [0, 0.05) is 23.0 Å². The predicted molar refractivity (Wildman–Crippen MR) is 129 cm³/mol. The number of H-pyrrole nitrogens is 1. The number of fused-ring (bicyclic) bond motifs is 6. The molecule has 2 unspecified atom stereocenters. The van der Waals surface area contributed by atoms with Crippen molar-refractivity contribution in [1.29, 1.82) is 0 Å². The summed E-state index contributed by atoms with van der Waals surface area (Å²) < 4.78 is 49.4. The maximum atomic E-state index is 14.6. The number of hydrogen-bond acceptors (Lipinski definition) is 2. The van der Waals surface area contributed by atoms with Crippen molar-refractivity contribution >= 4 is 43.9 Å². The van der Waals surface area contributed by atoms with Gasteiger partial charge in [-0.15, -0.1) is 0 Å². The van der Waals surface area contributed by atoms with E-state index in [4.69, 9.17) is 0 Å². The standard InChI is InChI=1S/C27H22FNO3S/c28-24-6-3-7-25-27(24)19(15-29-25)12-18-13-23-17(14-26(18)33(30,31)32)9-11-21-20-5-2-1-4-16(20)8-10-22(21)23/h1-3,5-11,13,15,18,26,29H,4,12,14H2,(H,30,31,32). The van der Waals surface area contributed by atoms with E-state index in [9.17, 15) is 17.4 Å². The van der Waals surface area contributed by atoms with Crippen LogP contribution in [0.1, 0.15) is 16.7 Å². The number of halogens is 1. The first-order chi connectivity index (χ1) is 15.9. The molecule has 2 aliphatic rings. The maximum absolute atomic E-state index is 14.6. The van der Waals surface area contributed by atoms with Gasteiger partial charge in [0.05, 0.1) is 5.25 Å². The molecule has 0 saturated carbocycles. The summed E-state index contributed by atoms with van der Waals surface area (Å²) in [4.78, 5) is 3.08. The van der Waals surface area contributed by atoms with Gasteiger partial charge in [-0.05, 0) is 69.3 Å². The van der Waals surface area contributed by atoms with Crippen LogP contribution in [0, 0.1) is 11.7 Å². The molecule has 1 aromatic heterocycles. The number of aromatic amines is 1. The van der Waals surface area contributed by atoms with Gasteiger partial charge in [0.25, 0.3) is 10.1 Å². The summed E-state index contributed by atoms with van der Waals surface area (Å²) in [6.45, 7) is 0. The second-order valence-corrected chi connectivity index (χ2v) is 10.6. The Hall–Kier alpha value is -3.22. The van der Waals surface area contributed by atoms with E-state index in [1.807, 2.05) is 18.2 Å². The number of rotatable bonds is 3. The Kier molecular flexibility index (Phi) is 4.57. The van der Waals surface area contributed by atoms with Gasteiger partial charge < -0.3 is 4.98 Å². The van der Waals surface area contributed by atoms with Crippen LogP contribution in [0.4, 0.5) is 4.39 Å². The minimum atomic E-state index is -4.30. The molecule has 0 amide bonds. The fourth-order valence-electron chi connectivity index (χ4n) is 5.48. The summed E-state index contributed by atoms with van der Waals surface area (Å²) in [5.74, 6) is -0.833.